The molecule has 0 saturated heterocycles. The van der Waals surface area contributed by atoms with Gasteiger partial charge in [-0.3, -0.25) is 9.89 Å². The first-order valence-corrected chi connectivity index (χ1v) is 5.74. The molecule has 0 amide bonds. The van der Waals surface area contributed by atoms with Crippen molar-refractivity contribution in [3.63, 3.8) is 0 Å². The summed E-state index contributed by atoms with van der Waals surface area (Å²) in [7, 11) is 0. The van der Waals surface area contributed by atoms with Crippen LogP contribution in [0.5, 0.6) is 0 Å². The number of hydrogen-bond donors (Lipinski definition) is 1. The lowest BCUT2D eigenvalue weighted by Crippen LogP contribution is -2.04. The van der Waals surface area contributed by atoms with E-state index in [9.17, 15) is 4.79 Å². The van der Waals surface area contributed by atoms with Gasteiger partial charge < -0.3 is 0 Å². The molecular formula is C12H9ClN4O. The number of hydrogen-bond acceptors (Lipinski definition) is 3. The monoisotopic (exact) mass is 260 g/mol. The van der Waals surface area contributed by atoms with Crippen molar-refractivity contribution >= 4 is 22.6 Å². The molecule has 2 aromatic heterocycles. The van der Waals surface area contributed by atoms with E-state index in [0.29, 0.717) is 27.4 Å². The average molecular weight is 261 g/mol. The molecule has 5 nitrogen and oxygen atoms in total. The molecule has 0 aliphatic carbocycles. The smallest absolute Gasteiger partial charge is 0.211 e. The van der Waals surface area contributed by atoms with Crippen LogP contribution in [0, 0.1) is 6.92 Å². The van der Waals surface area contributed by atoms with E-state index in [1.165, 1.54) is 6.20 Å². The van der Waals surface area contributed by atoms with E-state index in [4.69, 9.17) is 11.6 Å². The molecule has 1 N–H and O–H groups in total. The van der Waals surface area contributed by atoms with Crippen molar-refractivity contribution in [3.05, 3.63) is 51.4 Å². The SMILES string of the molecule is Cc1nn(-c2ccccc2Cl)c2[nH]ncc(=O)c12. The molecule has 0 radical (unpaired) electrons. The van der Waals surface area contributed by atoms with Gasteiger partial charge in [0.1, 0.15) is 0 Å². The van der Waals surface area contributed by atoms with Gasteiger partial charge >= 0.3 is 0 Å². The van der Waals surface area contributed by atoms with Gasteiger partial charge in [-0.25, -0.2) is 4.68 Å². The lowest BCUT2D eigenvalue weighted by molar-refractivity contribution is 0.864. The molecule has 3 aromatic rings. The maximum atomic E-state index is 11.8. The molecule has 90 valence electrons. The zero-order valence-electron chi connectivity index (χ0n) is 9.51. The highest BCUT2D eigenvalue weighted by Crippen LogP contribution is 2.22. The first-order valence-electron chi connectivity index (χ1n) is 5.36. The third kappa shape index (κ3) is 1.52. The maximum absolute atomic E-state index is 11.8. The quantitative estimate of drug-likeness (QED) is 0.728. The van der Waals surface area contributed by atoms with E-state index in [-0.39, 0.29) is 5.43 Å². The van der Waals surface area contributed by atoms with Gasteiger partial charge in [-0.2, -0.15) is 10.2 Å². The van der Waals surface area contributed by atoms with Crippen LogP contribution in [0.25, 0.3) is 16.7 Å². The fourth-order valence-electron chi connectivity index (χ4n) is 1.94. The Bertz CT molecular complexity index is 790. The molecule has 18 heavy (non-hydrogen) atoms. The lowest BCUT2D eigenvalue weighted by atomic mass is 10.3. The van der Waals surface area contributed by atoms with Crippen molar-refractivity contribution in [1.29, 1.82) is 0 Å². The Morgan fingerprint density at radius 1 is 1.33 bits per heavy atom. The zero-order chi connectivity index (χ0) is 12.7. The number of fused-ring (bicyclic) bond motifs is 1. The highest BCUT2D eigenvalue weighted by molar-refractivity contribution is 6.32. The molecular weight excluding hydrogens is 252 g/mol. The molecule has 0 unspecified atom stereocenters. The number of benzene rings is 1. The van der Waals surface area contributed by atoms with Gasteiger partial charge in [0.2, 0.25) is 5.43 Å². The van der Waals surface area contributed by atoms with Crippen molar-refractivity contribution in [2.75, 3.05) is 0 Å². The topological polar surface area (TPSA) is 63.6 Å². The normalized spacial score (nSPS) is 11.0. The molecule has 0 atom stereocenters. The average Bonchev–Trinajstić information content (AvgIpc) is 2.69. The van der Waals surface area contributed by atoms with Crippen molar-refractivity contribution in [1.82, 2.24) is 20.0 Å². The number of H-pyrrole nitrogens is 1. The van der Waals surface area contributed by atoms with E-state index in [2.05, 4.69) is 15.3 Å². The number of aromatic nitrogens is 4. The summed E-state index contributed by atoms with van der Waals surface area (Å²) in [6, 6.07) is 7.30. The lowest BCUT2D eigenvalue weighted by Gasteiger charge is -2.04. The number of halogens is 1. The second-order valence-electron chi connectivity index (χ2n) is 3.91. The van der Waals surface area contributed by atoms with Crippen LogP contribution in [0.15, 0.2) is 35.3 Å². The fraction of sp³-hybridized carbons (Fsp3) is 0.0833. The summed E-state index contributed by atoms with van der Waals surface area (Å²) in [6.45, 7) is 1.78. The number of aryl methyl sites for hydroxylation is 1. The van der Waals surface area contributed by atoms with Crippen LogP contribution in [0.1, 0.15) is 5.69 Å². The van der Waals surface area contributed by atoms with Gasteiger partial charge in [-0.15, -0.1) is 0 Å². The highest BCUT2D eigenvalue weighted by atomic mass is 35.5. The molecule has 0 fully saturated rings. The van der Waals surface area contributed by atoms with Crippen molar-refractivity contribution in [3.8, 4) is 5.69 Å². The minimum Gasteiger partial charge on any atom is -0.287 e. The summed E-state index contributed by atoms with van der Waals surface area (Å²) in [6.07, 6.45) is 1.24. The van der Waals surface area contributed by atoms with Crippen molar-refractivity contribution in [2.45, 2.75) is 6.92 Å². The standard InChI is InChI=1S/C12H9ClN4O/c1-7-11-10(18)6-14-15-12(11)17(16-7)9-5-3-2-4-8(9)13/h2-6H,1H3,(H,15,18). The Balaban J connectivity index is 2.42. The summed E-state index contributed by atoms with van der Waals surface area (Å²) in [4.78, 5) is 11.8. The van der Waals surface area contributed by atoms with E-state index in [1.807, 2.05) is 18.2 Å². The van der Waals surface area contributed by atoms with Crippen LogP contribution < -0.4 is 5.43 Å². The summed E-state index contributed by atoms with van der Waals surface area (Å²) in [5.74, 6) is 0. The summed E-state index contributed by atoms with van der Waals surface area (Å²) in [5, 5.41) is 12.0. The Kier molecular flexibility index (Phi) is 2.41. The summed E-state index contributed by atoms with van der Waals surface area (Å²) >= 11 is 6.13. The van der Waals surface area contributed by atoms with Gasteiger partial charge in [-0.1, -0.05) is 23.7 Å². The van der Waals surface area contributed by atoms with Crippen LogP contribution in [-0.2, 0) is 0 Å². The number of para-hydroxylation sites is 1. The maximum Gasteiger partial charge on any atom is 0.211 e. The largest absolute Gasteiger partial charge is 0.287 e. The third-order valence-corrected chi connectivity index (χ3v) is 3.06. The van der Waals surface area contributed by atoms with E-state index >= 15 is 0 Å². The first-order chi connectivity index (χ1) is 8.68. The van der Waals surface area contributed by atoms with Gasteiger partial charge in [0, 0.05) is 0 Å². The Morgan fingerprint density at radius 3 is 2.89 bits per heavy atom. The number of nitrogens with zero attached hydrogens (tertiary/aromatic N) is 3. The fourth-order valence-corrected chi connectivity index (χ4v) is 2.16. The van der Waals surface area contributed by atoms with Gasteiger partial charge in [0.25, 0.3) is 0 Å². The predicted molar refractivity (Wildman–Crippen MR) is 69.2 cm³/mol. The molecule has 3 rings (SSSR count). The van der Waals surface area contributed by atoms with Crippen LogP contribution >= 0.6 is 11.6 Å². The van der Waals surface area contributed by atoms with Gasteiger partial charge in [-0.05, 0) is 19.1 Å². The number of aromatic amines is 1. The molecule has 0 aliphatic rings. The van der Waals surface area contributed by atoms with Crippen molar-refractivity contribution in [2.24, 2.45) is 0 Å². The molecule has 6 heteroatoms. The Morgan fingerprint density at radius 2 is 2.11 bits per heavy atom. The molecule has 2 heterocycles. The highest BCUT2D eigenvalue weighted by Gasteiger charge is 2.13. The van der Waals surface area contributed by atoms with Gasteiger partial charge in [0.05, 0.1) is 28.0 Å². The van der Waals surface area contributed by atoms with Gasteiger partial charge in [0.15, 0.2) is 5.65 Å². The molecule has 0 bridgehead atoms. The second kappa shape index (κ2) is 3.96. The Labute approximate surface area is 107 Å². The van der Waals surface area contributed by atoms with Crippen LogP contribution in [0.3, 0.4) is 0 Å². The van der Waals surface area contributed by atoms with Crippen LogP contribution in [-0.4, -0.2) is 20.0 Å². The van der Waals surface area contributed by atoms with Crippen LogP contribution in [0.2, 0.25) is 5.02 Å². The summed E-state index contributed by atoms with van der Waals surface area (Å²) < 4.78 is 1.60. The predicted octanol–water partition coefficient (Wildman–Crippen LogP) is 2.07. The first kappa shape index (κ1) is 11.0. The molecule has 1 aromatic carbocycles. The Hall–Kier alpha value is -2.14. The summed E-state index contributed by atoms with van der Waals surface area (Å²) in [5.41, 5.74) is 1.75. The molecule has 0 spiro atoms. The third-order valence-electron chi connectivity index (χ3n) is 2.74. The van der Waals surface area contributed by atoms with E-state index in [1.54, 1.807) is 17.7 Å². The van der Waals surface area contributed by atoms with E-state index < -0.39 is 0 Å². The van der Waals surface area contributed by atoms with E-state index in [0.717, 1.165) is 0 Å². The molecule has 0 aliphatic heterocycles. The minimum atomic E-state index is -0.153. The minimum absolute atomic E-state index is 0.153. The number of nitrogens with one attached hydrogen (secondary N) is 1. The zero-order valence-corrected chi connectivity index (χ0v) is 10.3. The second-order valence-corrected chi connectivity index (χ2v) is 4.31. The number of rotatable bonds is 1. The van der Waals surface area contributed by atoms with Crippen LogP contribution in [0.4, 0.5) is 0 Å². The van der Waals surface area contributed by atoms with Crippen molar-refractivity contribution < 1.29 is 0 Å². The molecule has 0 saturated carbocycles.